The highest BCUT2D eigenvalue weighted by Gasteiger charge is 2.56. The molecule has 0 spiro atoms. The van der Waals surface area contributed by atoms with E-state index in [-0.39, 0.29) is 18.4 Å². The molecule has 2 rings (SSSR count). The third-order valence-electron chi connectivity index (χ3n) is 7.14. The van der Waals surface area contributed by atoms with Gasteiger partial charge in [-0.1, -0.05) is 33.8 Å². The molecule has 0 aliphatic carbocycles. The van der Waals surface area contributed by atoms with E-state index in [2.05, 4.69) is 6.58 Å². The molecule has 0 aromatic heterocycles. The van der Waals surface area contributed by atoms with Crippen LogP contribution in [0.4, 0.5) is 0 Å². The second-order valence-electron chi connectivity index (χ2n) is 11.2. The van der Waals surface area contributed by atoms with Gasteiger partial charge in [-0.25, -0.2) is 4.79 Å². The Labute approximate surface area is 223 Å². The number of aliphatic carboxylic acids is 1. The van der Waals surface area contributed by atoms with E-state index in [0.29, 0.717) is 12.8 Å². The fourth-order valence-electron chi connectivity index (χ4n) is 5.24. The molecule has 0 bridgehead atoms. The molecule has 12 heteroatoms. The first-order valence-corrected chi connectivity index (χ1v) is 13.2. The van der Waals surface area contributed by atoms with Crippen molar-refractivity contribution in [1.82, 2.24) is 0 Å². The van der Waals surface area contributed by atoms with Gasteiger partial charge in [-0.15, -0.1) is 6.58 Å². The van der Waals surface area contributed by atoms with E-state index < -0.39 is 92.2 Å². The average Bonchev–Trinajstić information content (AvgIpc) is 2.85. The van der Waals surface area contributed by atoms with Crippen molar-refractivity contribution >= 4 is 5.97 Å². The van der Waals surface area contributed by atoms with E-state index in [4.69, 9.17) is 18.9 Å². The van der Waals surface area contributed by atoms with Gasteiger partial charge in [0, 0.05) is 18.3 Å². The lowest BCUT2D eigenvalue weighted by Gasteiger charge is -2.48. The van der Waals surface area contributed by atoms with Crippen LogP contribution in [0, 0.1) is 23.7 Å². The molecule has 0 saturated carbocycles. The zero-order valence-electron chi connectivity index (χ0n) is 22.6. The predicted octanol–water partition coefficient (Wildman–Crippen LogP) is -0.378. The van der Waals surface area contributed by atoms with E-state index in [9.17, 15) is 40.5 Å². The zero-order chi connectivity index (χ0) is 28.8. The number of carboxylic acids is 1. The number of rotatable bonds is 14. The van der Waals surface area contributed by atoms with E-state index in [1.807, 2.05) is 27.7 Å². The molecule has 0 aromatic rings. The summed E-state index contributed by atoms with van der Waals surface area (Å²) in [6, 6.07) is 0. The van der Waals surface area contributed by atoms with Crippen LogP contribution >= 0.6 is 0 Å². The Hall–Kier alpha value is -1.19. The van der Waals surface area contributed by atoms with E-state index in [1.54, 1.807) is 0 Å². The number of hydrogen-bond donors (Lipinski definition) is 7. The van der Waals surface area contributed by atoms with Gasteiger partial charge < -0.3 is 54.7 Å². The lowest BCUT2D eigenvalue weighted by Crippen LogP contribution is -2.63. The zero-order valence-corrected chi connectivity index (χ0v) is 22.6. The van der Waals surface area contributed by atoms with Gasteiger partial charge in [-0.2, -0.15) is 0 Å². The third-order valence-corrected chi connectivity index (χ3v) is 7.14. The molecule has 2 saturated heterocycles. The quantitative estimate of drug-likeness (QED) is 0.139. The fraction of sp³-hybridized carbons (Fsp3) is 0.885. The van der Waals surface area contributed by atoms with Crippen LogP contribution in [0.5, 0.6) is 0 Å². The molecule has 0 amide bonds. The summed E-state index contributed by atoms with van der Waals surface area (Å²) in [4.78, 5) is 12.4. The molecule has 2 aliphatic rings. The normalized spacial score (nSPS) is 37.8. The van der Waals surface area contributed by atoms with Crippen molar-refractivity contribution in [3.8, 4) is 0 Å². The molecule has 2 aliphatic heterocycles. The molecule has 2 heterocycles. The van der Waals surface area contributed by atoms with Crippen LogP contribution in [0.3, 0.4) is 0 Å². The molecule has 11 atom stereocenters. The van der Waals surface area contributed by atoms with E-state index >= 15 is 0 Å². The van der Waals surface area contributed by atoms with Gasteiger partial charge in [0.2, 0.25) is 0 Å². The second-order valence-corrected chi connectivity index (χ2v) is 11.2. The summed E-state index contributed by atoms with van der Waals surface area (Å²) in [5, 5.41) is 72.7. The van der Waals surface area contributed by atoms with Gasteiger partial charge in [-0.3, -0.25) is 0 Å². The smallest absolute Gasteiger partial charge is 0.364 e. The molecule has 222 valence electrons. The first kappa shape index (κ1) is 33.0. The van der Waals surface area contributed by atoms with Crippen LogP contribution in [-0.4, -0.2) is 116 Å². The number of ether oxygens (including phenoxy) is 4. The lowest BCUT2D eigenvalue weighted by molar-refractivity contribution is -0.340. The summed E-state index contributed by atoms with van der Waals surface area (Å²) in [6.07, 6.45) is -9.03. The van der Waals surface area contributed by atoms with Crippen LogP contribution in [-0.2, 0) is 23.7 Å². The van der Waals surface area contributed by atoms with Crippen molar-refractivity contribution in [1.29, 1.82) is 0 Å². The SMILES string of the molecule is C=CCO[C@H]1OC(CO[C@]2(C(=O)O)C[C@@H](O)[C@@H](CC(C)C)C([C@H](O)[C@H](O)CO)O2)[C@H](O)[C@H](O)C1CC(C)C. The van der Waals surface area contributed by atoms with E-state index in [1.165, 1.54) is 6.08 Å². The highest BCUT2D eigenvalue weighted by molar-refractivity contribution is 5.76. The summed E-state index contributed by atoms with van der Waals surface area (Å²) in [5.41, 5.74) is 0. The monoisotopic (exact) mass is 550 g/mol. The molecular weight excluding hydrogens is 504 g/mol. The maximum absolute atomic E-state index is 12.4. The second kappa shape index (κ2) is 14.4. The summed E-state index contributed by atoms with van der Waals surface area (Å²) >= 11 is 0. The summed E-state index contributed by atoms with van der Waals surface area (Å²) in [5.74, 6) is -5.17. The van der Waals surface area contributed by atoms with Crippen molar-refractivity contribution in [2.75, 3.05) is 19.8 Å². The molecule has 12 nitrogen and oxygen atoms in total. The highest BCUT2D eigenvalue weighted by atomic mass is 16.7. The number of carbonyl (C=O) groups is 1. The van der Waals surface area contributed by atoms with Crippen LogP contribution in [0.25, 0.3) is 0 Å². The van der Waals surface area contributed by atoms with Crippen molar-refractivity contribution in [2.24, 2.45) is 23.7 Å². The standard InChI is InChI=1S/C26H46O12/c1-6-7-35-24-16(9-14(4)5)20(30)22(32)19(37-24)12-36-26(25(33)34)10-17(28)15(8-13(2)3)23(38-26)21(31)18(29)11-27/h6,13-24,27-32H,1,7-12H2,2-5H3,(H,33,34)/t15-,16?,17-,18-,19?,20-,21-,22+,23?,24+,26-/m1/s1. The molecule has 0 aromatic carbocycles. The lowest BCUT2D eigenvalue weighted by atomic mass is 9.79. The van der Waals surface area contributed by atoms with Crippen LogP contribution in [0.2, 0.25) is 0 Å². The van der Waals surface area contributed by atoms with Gasteiger partial charge in [-0.05, 0) is 24.7 Å². The van der Waals surface area contributed by atoms with Crippen LogP contribution in [0.1, 0.15) is 47.0 Å². The third kappa shape index (κ3) is 7.94. The highest BCUT2D eigenvalue weighted by Crippen LogP contribution is 2.40. The Bertz CT molecular complexity index is 748. The minimum atomic E-state index is -2.46. The Kier molecular flexibility index (Phi) is 12.6. The van der Waals surface area contributed by atoms with Gasteiger partial charge in [0.05, 0.1) is 38.1 Å². The summed E-state index contributed by atoms with van der Waals surface area (Å²) in [7, 11) is 0. The molecule has 7 N–H and O–H groups in total. The Morgan fingerprint density at radius 2 is 1.68 bits per heavy atom. The van der Waals surface area contributed by atoms with E-state index in [0.717, 1.165) is 0 Å². The van der Waals surface area contributed by atoms with Crippen LogP contribution < -0.4 is 0 Å². The minimum absolute atomic E-state index is 0.0380. The summed E-state index contributed by atoms with van der Waals surface area (Å²) in [6.45, 7) is 10.0. The number of hydrogen-bond acceptors (Lipinski definition) is 11. The van der Waals surface area contributed by atoms with Crippen molar-refractivity contribution in [3.05, 3.63) is 12.7 Å². The van der Waals surface area contributed by atoms with Crippen molar-refractivity contribution in [2.45, 2.75) is 102 Å². The molecule has 0 radical (unpaired) electrons. The average molecular weight is 551 g/mol. The summed E-state index contributed by atoms with van der Waals surface area (Å²) < 4.78 is 23.0. The number of carboxylic acid groups (broad SMARTS) is 1. The first-order chi connectivity index (χ1) is 17.8. The van der Waals surface area contributed by atoms with Crippen molar-refractivity contribution < 1.29 is 59.5 Å². The molecule has 38 heavy (non-hydrogen) atoms. The van der Waals surface area contributed by atoms with Gasteiger partial charge in [0.1, 0.15) is 24.4 Å². The largest absolute Gasteiger partial charge is 0.477 e. The van der Waals surface area contributed by atoms with Crippen molar-refractivity contribution in [3.63, 3.8) is 0 Å². The van der Waals surface area contributed by atoms with Crippen LogP contribution in [0.15, 0.2) is 12.7 Å². The maximum Gasteiger partial charge on any atom is 0.364 e. The maximum atomic E-state index is 12.4. The fourth-order valence-corrected chi connectivity index (χ4v) is 5.24. The van der Waals surface area contributed by atoms with Gasteiger partial charge >= 0.3 is 5.97 Å². The Morgan fingerprint density at radius 1 is 1.08 bits per heavy atom. The molecule has 2 fully saturated rings. The molecule has 3 unspecified atom stereocenters. The Morgan fingerprint density at radius 3 is 2.21 bits per heavy atom. The molecular formula is C26H46O12. The minimum Gasteiger partial charge on any atom is -0.477 e. The number of aliphatic hydroxyl groups excluding tert-OH is 6. The first-order valence-electron chi connectivity index (χ1n) is 13.2. The Balaban J connectivity index is 2.29. The van der Waals surface area contributed by atoms with Gasteiger partial charge in [0.15, 0.2) is 6.29 Å². The number of aliphatic hydroxyl groups is 6. The van der Waals surface area contributed by atoms with Gasteiger partial charge in [0.25, 0.3) is 5.79 Å². The predicted molar refractivity (Wildman–Crippen MR) is 134 cm³/mol. The topological polar surface area (TPSA) is 196 Å².